The summed E-state index contributed by atoms with van der Waals surface area (Å²) in [5, 5.41) is 3.11. The van der Waals surface area contributed by atoms with Gasteiger partial charge in [0.2, 0.25) is 0 Å². The minimum Gasteiger partial charge on any atom is -0.375 e. The van der Waals surface area contributed by atoms with E-state index < -0.39 is 0 Å². The zero-order valence-corrected chi connectivity index (χ0v) is 6.72. The first-order chi connectivity index (χ1) is 3.42. The summed E-state index contributed by atoms with van der Waals surface area (Å²) >= 11 is 4.83. The molecule has 0 atom stereocenters. The van der Waals surface area contributed by atoms with Gasteiger partial charge in [-0.15, -0.1) is 0 Å². The van der Waals surface area contributed by atoms with E-state index in [9.17, 15) is 0 Å². The zero-order chi connectivity index (χ0) is 6.78. The molecule has 0 radical (unpaired) electrons. The highest BCUT2D eigenvalue weighted by Gasteiger charge is 2.06. The van der Waals surface area contributed by atoms with E-state index in [0.29, 0.717) is 0 Å². The number of hydrogen-bond donors (Lipinski definition) is 1. The molecular weight excluding hydrogens is 118 g/mol. The summed E-state index contributed by atoms with van der Waals surface area (Å²) in [4.78, 5) is 0.859. The van der Waals surface area contributed by atoms with Crippen LogP contribution >= 0.6 is 12.2 Å². The van der Waals surface area contributed by atoms with Gasteiger partial charge in [0.1, 0.15) is 0 Å². The van der Waals surface area contributed by atoms with Crippen LogP contribution in [0.1, 0.15) is 27.7 Å². The van der Waals surface area contributed by atoms with Crippen LogP contribution in [0, 0.1) is 0 Å². The fourth-order valence-corrected chi connectivity index (χ4v) is 0.834. The second kappa shape index (κ2) is 2.44. The van der Waals surface area contributed by atoms with Crippen LogP contribution in [-0.4, -0.2) is 10.5 Å². The van der Waals surface area contributed by atoms with E-state index in [0.717, 1.165) is 4.99 Å². The molecule has 0 bridgehead atoms. The molecule has 0 unspecified atom stereocenters. The summed E-state index contributed by atoms with van der Waals surface area (Å²) < 4.78 is 0. The topological polar surface area (TPSA) is 12.0 Å². The highest BCUT2D eigenvalue weighted by atomic mass is 32.1. The lowest BCUT2D eigenvalue weighted by molar-refractivity contribution is 0.514. The molecule has 0 aliphatic heterocycles. The maximum Gasteiger partial charge on any atom is 0.0725 e. The van der Waals surface area contributed by atoms with Crippen LogP contribution in [0.25, 0.3) is 0 Å². The highest BCUT2D eigenvalue weighted by Crippen LogP contribution is 1.97. The van der Waals surface area contributed by atoms with Gasteiger partial charge < -0.3 is 5.32 Å². The predicted molar refractivity (Wildman–Crippen MR) is 41.2 cm³/mol. The average molecular weight is 131 g/mol. The Kier molecular flexibility index (Phi) is 2.41. The molecule has 1 N–H and O–H groups in total. The van der Waals surface area contributed by atoms with E-state index >= 15 is 0 Å². The van der Waals surface area contributed by atoms with Crippen molar-refractivity contribution in [3.05, 3.63) is 0 Å². The number of rotatable bonds is 0. The van der Waals surface area contributed by atoms with Gasteiger partial charge in [-0.25, -0.2) is 0 Å². The largest absolute Gasteiger partial charge is 0.375 e. The third-order valence-corrected chi connectivity index (χ3v) is 0.653. The molecule has 8 heavy (non-hydrogen) atoms. The van der Waals surface area contributed by atoms with Gasteiger partial charge in [-0.05, 0) is 27.7 Å². The Hall–Kier alpha value is -0.110. The molecule has 0 heterocycles. The zero-order valence-electron chi connectivity index (χ0n) is 5.91. The summed E-state index contributed by atoms with van der Waals surface area (Å²) in [6, 6.07) is 0. The van der Waals surface area contributed by atoms with Gasteiger partial charge in [-0.3, -0.25) is 0 Å². The number of nitrogens with one attached hydrogen (secondary N) is 1. The van der Waals surface area contributed by atoms with Crippen molar-refractivity contribution in [3.8, 4) is 0 Å². The Morgan fingerprint density at radius 1 is 1.38 bits per heavy atom. The standard InChI is InChI=1S/C6H13NS/c1-5(8)7-6(2,3)4/h1-4H3,(H,7,8). The van der Waals surface area contributed by atoms with Gasteiger partial charge in [0.15, 0.2) is 0 Å². The molecule has 48 valence electrons. The molecule has 0 saturated carbocycles. The Balaban J connectivity index is 3.55. The SMILES string of the molecule is CC(=S)NC(C)(C)C. The first-order valence-electron chi connectivity index (χ1n) is 2.70. The molecule has 0 fully saturated rings. The molecular formula is C6H13NS. The quantitative estimate of drug-likeness (QED) is 0.502. The van der Waals surface area contributed by atoms with Gasteiger partial charge in [-0.1, -0.05) is 12.2 Å². The lowest BCUT2D eigenvalue weighted by atomic mass is 10.1. The van der Waals surface area contributed by atoms with E-state index in [4.69, 9.17) is 12.2 Å². The fourth-order valence-electron chi connectivity index (χ4n) is 0.528. The van der Waals surface area contributed by atoms with Crippen LogP contribution in [0.5, 0.6) is 0 Å². The first-order valence-corrected chi connectivity index (χ1v) is 3.11. The lowest BCUT2D eigenvalue weighted by Gasteiger charge is -2.20. The maximum atomic E-state index is 4.83. The van der Waals surface area contributed by atoms with Crippen molar-refractivity contribution in [2.24, 2.45) is 0 Å². The maximum absolute atomic E-state index is 4.83. The Morgan fingerprint density at radius 2 is 1.75 bits per heavy atom. The predicted octanol–water partition coefficient (Wildman–Crippen LogP) is 1.72. The van der Waals surface area contributed by atoms with Crippen LogP contribution < -0.4 is 5.32 Å². The highest BCUT2D eigenvalue weighted by molar-refractivity contribution is 7.80. The van der Waals surface area contributed by atoms with E-state index in [1.807, 2.05) is 6.92 Å². The minimum absolute atomic E-state index is 0.131. The molecule has 0 aromatic rings. The average Bonchev–Trinajstić information content (AvgIpc) is 1.21. The Morgan fingerprint density at radius 3 is 1.75 bits per heavy atom. The van der Waals surface area contributed by atoms with Crippen molar-refractivity contribution in [3.63, 3.8) is 0 Å². The molecule has 0 aliphatic rings. The van der Waals surface area contributed by atoms with Crippen LogP contribution in [0.2, 0.25) is 0 Å². The van der Waals surface area contributed by atoms with Crippen LogP contribution in [0.4, 0.5) is 0 Å². The van der Waals surface area contributed by atoms with Crippen molar-refractivity contribution >= 4 is 17.2 Å². The molecule has 0 spiro atoms. The number of hydrogen-bond acceptors (Lipinski definition) is 1. The summed E-state index contributed by atoms with van der Waals surface area (Å²) in [5.74, 6) is 0. The summed E-state index contributed by atoms with van der Waals surface area (Å²) in [7, 11) is 0. The van der Waals surface area contributed by atoms with Gasteiger partial charge in [0.05, 0.1) is 4.99 Å². The molecule has 0 saturated heterocycles. The first kappa shape index (κ1) is 7.89. The molecule has 0 aromatic heterocycles. The monoisotopic (exact) mass is 131 g/mol. The summed E-state index contributed by atoms with van der Waals surface area (Å²) in [6.07, 6.45) is 0. The van der Waals surface area contributed by atoms with E-state index in [1.165, 1.54) is 0 Å². The lowest BCUT2D eigenvalue weighted by Crippen LogP contribution is -2.38. The van der Waals surface area contributed by atoms with Crippen LogP contribution in [0.15, 0.2) is 0 Å². The van der Waals surface area contributed by atoms with Crippen molar-refractivity contribution in [2.75, 3.05) is 0 Å². The van der Waals surface area contributed by atoms with Crippen molar-refractivity contribution in [1.82, 2.24) is 5.32 Å². The Labute approximate surface area is 56.5 Å². The normalized spacial score (nSPS) is 11.0. The van der Waals surface area contributed by atoms with Crippen molar-refractivity contribution in [2.45, 2.75) is 33.2 Å². The molecule has 1 nitrogen and oxygen atoms in total. The van der Waals surface area contributed by atoms with Gasteiger partial charge in [0.25, 0.3) is 0 Å². The second-order valence-electron chi connectivity index (χ2n) is 2.93. The Bertz CT molecular complexity index is 91.2. The van der Waals surface area contributed by atoms with Crippen molar-refractivity contribution < 1.29 is 0 Å². The molecule has 0 rings (SSSR count). The molecule has 0 amide bonds. The third kappa shape index (κ3) is 5.89. The summed E-state index contributed by atoms with van der Waals surface area (Å²) in [5.41, 5.74) is 0.131. The van der Waals surface area contributed by atoms with E-state index in [1.54, 1.807) is 0 Å². The smallest absolute Gasteiger partial charge is 0.0725 e. The summed E-state index contributed by atoms with van der Waals surface area (Å²) in [6.45, 7) is 8.15. The van der Waals surface area contributed by atoms with Crippen molar-refractivity contribution in [1.29, 1.82) is 0 Å². The van der Waals surface area contributed by atoms with Gasteiger partial charge in [0, 0.05) is 5.54 Å². The minimum atomic E-state index is 0.131. The van der Waals surface area contributed by atoms with E-state index in [2.05, 4.69) is 26.1 Å². The van der Waals surface area contributed by atoms with Gasteiger partial charge in [-0.2, -0.15) is 0 Å². The molecule has 2 heteroatoms. The van der Waals surface area contributed by atoms with E-state index in [-0.39, 0.29) is 5.54 Å². The molecule has 0 aliphatic carbocycles. The third-order valence-electron chi connectivity index (χ3n) is 0.551. The fraction of sp³-hybridized carbons (Fsp3) is 0.833. The van der Waals surface area contributed by atoms with Crippen LogP contribution in [0.3, 0.4) is 0 Å². The van der Waals surface area contributed by atoms with Gasteiger partial charge >= 0.3 is 0 Å². The second-order valence-corrected chi connectivity index (χ2v) is 3.54. The van der Waals surface area contributed by atoms with Crippen LogP contribution in [-0.2, 0) is 0 Å². The number of thiocarbonyl (C=S) groups is 1. The molecule has 0 aromatic carbocycles.